The predicted molar refractivity (Wildman–Crippen MR) is 105 cm³/mol. The third-order valence-electron chi connectivity index (χ3n) is 5.35. The summed E-state index contributed by atoms with van der Waals surface area (Å²) in [5.74, 6) is 0.639. The van der Waals surface area contributed by atoms with Gasteiger partial charge in [-0.3, -0.25) is 4.98 Å². The summed E-state index contributed by atoms with van der Waals surface area (Å²) >= 11 is 0. The smallest absolute Gasteiger partial charge is 0.0363 e. The fourth-order valence-corrected chi connectivity index (χ4v) is 3.98. The van der Waals surface area contributed by atoms with Gasteiger partial charge in [0.25, 0.3) is 0 Å². The van der Waals surface area contributed by atoms with Crippen LogP contribution >= 0.6 is 0 Å². The van der Waals surface area contributed by atoms with Crippen LogP contribution in [0.3, 0.4) is 0 Å². The molecule has 0 spiro atoms. The lowest BCUT2D eigenvalue weighted by atomic mass is 9.87. The Hall–Kier alpha value is -2.35. The summed E-state index contributed by atoms with van der Waals surface area (Å²) in [7, 11) is 0. The molecular formula is C23H26N2. The number of aromatic nitrogens is 1. The summed E-state index contributed by atoms with van der Waals surface area (Å²) in [5.41, 5.74) is 5.66. The first-order valence-electron chi connectivity index (χ1n) is 9.46. The van der Waals surface area contributed by atoms with Crippen LogP contribution in [0.15, 0.2) is 78.3 Å². The van der Waals surface area contributed by atoms with Crippen molar-refractivity contribution in [3.8, 4) is 0 Å². The summed E-state index contributed by atoms with van der Waals surface area (Å²) in [5, 5.41) is 0. The van der Waals surface area contributed by atoms with Gasteiger partial charge in [-0.05, 0) is 78.6 Å². The Morgan fingerprint density at radius 2 is 2.16 bits per heavy atom. The van der Waals surface area contributed by atoms with Gasteiger partial charge in [-0.25, -0.2) is 0 Å². The topological polar surface area (TPSA) is 16.1 Å². The molecule has 1 aromatic rings. The van der Waals surface area contributed by atoms with Crippen molar-refractivity contribution in [1.29, 1.82) is 0 Å². The number of pyridine rings is 1. The molecule has 4 rings (SSSR count). The maximum Gasteiger partial charge on any atom is 0.0363 e. The van der Waals surface area contributed by atoms with E-state index >= 15 is 0 Å². The first kappa shape index (κ1) is 16.1. The fourth-order valence-electron chi connectivity index (χ4n) is 3.98. The summed E-state index contributed by atoms with van der Waals surface area (Å²) in [4.78, 5) is 6.73. The maximum atomic E-state index is 4.27. The Balaban J connectivity index is 1.38. The maximum absolute atomic E-state index is 4.27. The van der Waals surface area contributed by atoms with Gasteiger partial charge in [0, 0.05) is 25.5 Å². The van der Waals surface area contributed by atoms with Crippen molar-refractivity contribution in [2.45, 2.75) is 32.1 Å². The normalized spacial score (nSPS) is 23.1. The van der Waals surface area contributed by atoms with Gasteiger partial charge in [0.05, 0.1) is 0 Å². The molecule has 0 radical (unpaired) electrons. The molecule has 3 aliphatic rings. The number of nitrogens with zero attached hydrogens (tertiary/aromatic N) is 2. The van der Waals surface area contributed by atoms with E-state index in [2.05, 4.69) is 58.6 Å². The Morgan fingerprint density at radius 3 is 2.92 bits per heavy atom. The number of rotatable bonds is 4. The third kappa shape index (κ3) is 4.01. The second-order valence-electron chi connectivity index (χ2n) is 7.16. The quantitative estimate of drug-likeness (QED) is 0.697. The third-order valence-corrected chi connectivity index (χ3v) is 5.35. The van der Waals surface area contributed by atoms with Gasteiger partial charge in [-0.2, -0.15) is 0 Å². The van der Waals surface area contributed by atoms with E-state index in [4.69, 9.17) is 0 Å². The molecule has 2 heterocycles. The van der Waals surface area contributed by atoms with Gasteiger partial charge < -0.3 is 4.90 Å². The summed E-state index contributed by atoms with van der Waals surface area (Å²) in [6, 6.07) is 4.22. The first-order chi connectivity index (χ1) is 12.4. The fraction of sp³-hybridized carbons (Fsp3) is 0.348. The van der Waals surface area contributed by atoms with Gasteiger partial charge in [0.1, 0.15) is 0 Å². The van der Waals surface area contributed by atoms with Crippen LogP contribution in [-0.2, 0) is 0 Å². The molecule has 0 N–H and O–H groups in total. The molecule has 2 nitrogen and oxygen atoms in total. The molecule has 2 aliphatic carbocycles. The molecule has 0 saturated heterocycles. The van der Waals surface area contributed by atoms with Crippen LogP contribution < -0.4 is 0 Å². The van der Waals surface area contributed by atoms with E-state index in [9.17, 15) is 0 Å². The van der Waals surface area contributed by atoms with Crippen LogP contribution in [0.2, 0.25) is 0 Å². The van der Waals surface area contributed by atoms with E-state index in [-0.39, 0.29) is 0 Å². The minimum Gasteiger partial charge on any atom is -0.373 e. The second-order valence-corrected chi connectivity index (χ2v) is 7.16. The summed E-state index contributed by atoms with van der Waals surface area (Å²) < 4.78 is 0. The molecule has 1 unspecified atom stereocenters. The van der Waals surface area contributed by atoms with Gasteiger partial charge in [0.15, 0.2) is 0 Å². The predicted octanol–water partition coefficient (Wildman–Crippen LogP) is 5.30. The lowest BCUT2D eigenvalue weighted by molar-refractivity contribution is 0.344. The van der Waals surface area contributed by atoms with Crippen molar-refractivity contribution in [3.05, 3.63) is 83.9 Å². The van der Waals surface area contributed by atoms with Crippen LogP contribution in [0.1, 0.15) is 37.7 Å². The van der Waals surface area contributed by atoms with E-state index in [0.717, 1.165) is 25.9 Å². The van der Waals surface area contributed by atoms with E-state index in [1.807, 2.05) is 18.5 Å². The standard InChI is InChI=1S/C23H26N2/c1-2-7-20(8-3-1)21-11-14-25(15-12-21)18-19-6-4-9-22(16-19)23-10-5-13-24-17-23/h1-2,5,8,10-14,16-17,19H,3-4,6-7,9,15,18H2. The van der Waals surface area contributed by atoms with Crippen molar-refractivity contribution in [1.82, 2.24) is 9.88 Å². The molecule has 0 bridgehead atoms. The molecule has 0 amide bonds. The molecular weight excluding hydrogens is 304 g/mol. The van der Waals surface area contributed by atoms with Gasteiger partial charge in [-0.1, -0.05) is 36.4 Å². The lowest BCUT2D eigenvalue weighted by Gasteiger charge is -2.29. The molecule has 1 atom stereocenters. The molecule has 2 heteroatoms. The summed E-state index contributed by atoms with van der Waals surface area (Å²) in [6.07, 6.45) is 26.1. The van der Waals surface area contributed by atoms with Crippen molar-refractivity contribution in [2.75, 3.05) is 13.1 Å². The highest BCUT2D eigenvalue weighted by molar-refractivity contribution is 5.65. The van der Waals surface area contributed by atoms with Crippen LogP contribution in [-0.4, -0.2) is 23.0 Å². The second kappa shape index (κ2) is 7.69. The molecule has 1 aliphatic heterocycles. The minimum atomic E-state index is 0.639. The molecule has 1 aromatic heterocycles. The molecule has 0 fully saturated rings. The summed E-state index contributed by atoms with van der Waals surface area (Å²) in [6.45, 7) is 2.14. The highest BCUT2D eigenvalue weighted by Crippen LogP contribution is 2.31. The van der Waals surface area contributed by atoms with Crippen molar-refractivity contribution in [2.24, 2.45) is 5.92 Å². The Kier molecular flexibility index (Phi) is 4.96. The highest BCUT2D eigenvalue weighted by Gasteiger charge is 2.18. The monoisotopic (exact) mass is 330 g/mol. The van der Waals surface area contributed by atoms with Gasteiger partial charge >= 0.3 is 0 Å². The van der Waals surface area contributed by atoms with Crippen molar-refractivity contribution >= 4 is 5.57 Å². The van der Waals surface area contributed by atoms with E-state index in [0.29, 0.717) is 5.92 Å². The molecule has 0 saturated carbocycles. The zero-order valence-electron chi connectivity index (χ0n) is 14.8. The number of hydrogen-bond acceptors (Lipinski definition) is 2. The van der Waals surface area contributed by atoms with Gasteiger partial charge in [-0.15, -0.1) is 0 Å². The van der Waals surface area contributed by atoms with E-state index in [1.165, 1.54) is 41.5 Å². The Bertz CT molecular complexity index is 750. The number of allylic oxidation sites excluding steroid dienone is 7. The van der Waals surface area contributed by atoms with Crippen molar-refractivity contribution < 1.29 is 0 Å². The average molecular weight is 330 g/mol. The zero-order valence-corrected chi connectivity index (χ0v) is 14.8. The van der Waals surface area contributed by atoms with Gasteiger partial charge in [0.2, 0.25) is 0 Å². The average Bonchev–Trinajstić information content (AvgIpc) is 2.70. The van der Waals surface area contributed by atoms with Crippen LogP contribution in [0.5, 0.6) is 0 Å². The lowest BCUT2D eigenvalue weighted by Crippen LogP contribution is -2.27. The Labute approximate surface area is 151 Å². The molecule has 0 aromatic carbocycles. The zero-order chi connectivity index (χ0) is 16.9. The molecule has 25 heavy (non-hydrogen) atoms. The Morgan fingerprint density at radius 1 is 1.16 bits per heavy atom. The molecule has 128 valence electrons. The van der Waals surface area contributed by atoms with Crippen molar-refractivity contribution in [3.63, 3.8) is 0 Å². The van der Waals surface area contributed by atoms with E-state index < -0.39 is 0 Å². The SMILES string of the molecule is C1=CCC(C2=CCN(CC3C=C(c4cccnc4)CCC3)C=C2)=CC1. The largest absolute Gasteiger partial charge is 0.373 e. The van der Waals surface area contributed by atoms with Crippen LogP contribution in [0.4, 0.5) is 0 Å². The van der Waals surface area contributed by atoms with E-state index in [1.54, 1.807) is 0 Å². The number of hydrogen-bond donors (Lipinski definition) is 0. The van der Waals surface area contributed by atoms with Crippen LogP contribution in [0.25, 0.3) is 5.57 Å². The van der Waals surface area contributed by atoms with Crippen LogP contribution in [0, 0.1) is 5.92 Å². The minimum absolute atomic E-state index is 0.639. The first-order valence-corrected chi connectivity index (χ1v) is 9.46. The highest BCUT2D eigenvalue weighted by atomic mass is 15.1.